The van der Waals surface area contributed by atoms with E-state index in [0.29, 0.717) is 12.1 Å². The van der Waals surface area contributed by atoms with Crippen molar-refractivity contribution >= 4 is 0 Å². The molecule has 1 rings (SSSR count). The van der Waals surface area contributed by atoms with E-state index in [4.69, 9.17) is 5.26 Å². The van der Waals surface area contributed by atoms with Gasteiger partial charge in [-0.05, 0) is 27.8 Å². The second-order valence-corrected chi connectivity index (χ2v) is 5.09. The molecule has 0 amide bonds. The third-order valence-electron chi connectivity index (χ3n) is 3.17. The van der Waals surface area contributed by atoms with E-state index in [9.17, 15) is 0 Å². The van der Waals surface area contributed by atoms with Crippen molar-refractivity contribution in [2.24, 2.45) is 0 Å². The molecule has 2 unspecified atom stereocenters. The monoisotopic (exact) mass is 224 g/mol. The van der Waals surface area contributed by atoms with Crippen LogP contribution in [0.3, 0.4) is 0 Å². The van der Waals surface area contributed by atoms with Crippen LogP contribution in [0.4, 0.5) is 0 Å². The lowest BCUT2D eigenvalue weighted by Crippen LogP contribution is -2.53. The summed E-state index contributed by atoms with van der Waals surface area (Å²) in [6.45, 7) is 10.5. The fraction of sp³-hybridized carbons (Fsp3) is 0.917. The maximum atomic E-state index is 9.07. The third-order valence-corrected chi connectivity index (χ3v) is 3.17. The van der Waals surface area contributed by atoms with Gasteiger partial charge >= 0.3 is 0 Å². The van der Waals surface area contributed by atoms with Crippen LogP contribution in [0.5, 0.6) is 0 Å². The van der Waals surface area contributed by atoms with Crippen molar-refractivity contribution in [1.29, 1.82) is 5.26 Å². The maximum absolute atomic E-state index is 9.07. The normalized spacial score (nSPS) is 25.6. The van der Waals surface area contributed by atoms with Gasteiger partial charge in [-0.25, -0.2) is 0 Å². The fourth-order valence-corrected chi connectivity index (χ4v) is 2.08. The maximum Gasteiger partial charge on any atom is 0.108 e. The highest BCUT2D eigenvalue weighted by Crippen LogP contribution is 2.07. The van der Waals surface area contributed by atoms with Gasteiger partial charge in [0.15, 0.2) is 0 Å². The number of hydrogen-bond acceptors (Lipinski definition) is 4. The minimum atomic E-state index is -0.0457. The van der Waals surface area contributed by atoms with Crippen LogP contribution in [-0.4, -0.2) is 61.2 Å². The molecule has 0 aromatic carbocycles. The molecule has 16 heavy (non-hydrogen) atoms. The van der Waals surface area contributed by atoms with Gasteiger partial charge in [0, 0.05) is 38.3 Å². The Balaban J connectivity index is 2.38. The van der Waals surface area contributed by atoms with Crippen LogP contribution in [-0.2, 0) is 0 Å². The topological polar surface area (TPSA) is 42.3 Å². The molecular weight excluding hydrogens is 200 g/mol. The summed E-state index contributed by atoms with van der Waals surface area (Å²) in [5.74, 6) is 0. The summed E-state index contributed by atoms with van der Waals surface area (Å²) < 4.78 is 0. The van der Waals surface area contributed by atoms with Gasteiger partial charge in [-0.2, -0.15) is 5.26 Å². The Kier molecular flexibility index (Phi) is 5.20. The Morgan fingerprint density at radius 2 is 2.12 bits per heavy atom. The summed E-state index contributed by atoms with van der Waals surface area (Å²) in [5.41, 5.74) is 0. The lowest BCUT2D eigenvalue weighted by atomic mass is 10.1. The van der Waals surface area contributed by atoms with E-state index >= 15 is 0 Å². The number of piperazine rings is 1. The standard InChI is InChI=1S/C12H24N4/c1-10(2)14-12(7-13)9-16-6-5-15(4)11(3)8-16/h10-12,14H,5-6,8-9H2,1-4H3. The first-order valence-corrected chi connectivity index (χ1v) is 6.11. The number of hydrogen-bond donors (Lipinski definition) is 1. The van der Waals surface area contributed by atoms with Crippen molar-refractivity contribution in [3.63, 3.8) is 0 Å². The highest BCUT2D eigenvalue weighted by atomic mass is 15.3. The first kappa shape index (κ1) is 13.4. The molecule has 0 aromatic rings. The molecule has 0 spiro atoms. The first-order valence-electron chi connectivity index (χ1n) is 6.11. The van der Waals surface area contributed by atoms with Gasteiger partial charge in [0.2, 0.25) is 0 Å². The summed E-state index contributed by atoms with van der Waals surface area (Å²) in [4.78, 5) is 4.75. The molecule has 1 fully saturated rings. The van der Waals surface area contributed by atoms with E-state index in [1.807, 2.05) is 0 Å². The molecule has 1 saturated heterocycles. The van der Waals surface area contributed by atoms with E-state index < -0.39 is 0 Å². The summed E-state index contributed by atoms with van der Waals surface area (Å²) in [6, 6.07) is 3.25. The number of likely N-dealkylation sites (N-methyl/N-ethyl adjacent to an activating group) is 1. The zero-order chi connectivity index (χ0) is 12.1. The van der Waals surface area contributed by atoms with Crippen LogP contribution in [0.15, 0.2) is 0 Å². The second kappa shape index (κ2) is 6.19. The van der Waals surface area contributed by atoms with Crippen LogP contribution < -0.4 is 5.32 Å². The van der Waals surface area contributed by atoms with Crippen LogP contribution in [0.2, 0.25) is 0 Å². The summed E-state index contributed by atoms with van der Waals surface area (Å²) in [6.07, 6.45) is 0. The molecule has 4 heteroatoms. The largest absolute Gasteiger partial charge is 0.301 e. The third kappa shape index (κ3) is 4.09. The highest BCUT2D eigenvalue weighted by Gasteiger charge is 2.22. The quantitative estimate of drug-likeness (QED) is 0.755. The van der Waals surface area contributed by atoms with Crippen LogP contribution >= 0.6 is 0 Å². The SMILES string of the molecule is CC(C)NC(C#N)CN1CCN(C)C(C)C1. The van der Waals surface area contributed by atoms with Crippen molar-refractivity contribution < 1.29 is 0 Å². The minimum absolute atomic E-state index is 0.0457. The molecule has 1 aliphatic rings. The van der Waals surface area contributed by atoms with Crippen LogP contribution in [0.1, 0.15) is 20.8 Å². The predicted octanol–water partition coefficient (Wildman–Crippen LogP) is 0.512. The first-order chi connectivity index (χ1) is 7.52. The molecule has 0 bridgehead atoms. The highest BCUT2D eigenvalue weighted by molar-refractivity contribution is 4.94. The van der Waals surface area contributed by atoms with Gasteiger partial charge in [-0.3, -0.25) is 10.2 Å². The number of nitriles is 1. The van der Waals surface area contributed by atoms with E-state index in [0.717, 1.165) is 26.2 Å². The smallest absolute Gasteiger partial charge is 0.108 e. The van der Waals surface area contributed by atoms with Crippen LogP contribution in [0.25, 0.3) is 0 Å². The zero-order valence-electron chi connectivity index (χ0n) is 10.9. The Labute approximate surface area is 99.2 Å². The van der Waals surface area contributed by atoms with Gasteiger partial charge < -0.3 is 4.90 Å². The lowest BCUT2D eigenvalue weighted by Gasteiger charge is -2.38. The molecule has 0 aromatic heterocycles. The second-order valence-electron chi connectivity index (χ2n) is 5.09. The van der Waals surface area contributed by atoms with Gasteiger partial charge in [0.05, 0.1) is 6.07 Å². The zero-order valence-corrected chi connectivity index (χ0v) is 10.9. The van der Waals surface area contributed by atoms with Crippen LogP contribution in [0, 0.1) is 11.3 Å². The molecule has 1 aliphatic heterocycles. The van der Waals surface area contributed by atoms with Gasteiger partial charge in [-0.15, -0.1) is 0 Å². The van der Waals surface area contributed by atoms with Gasteiger partial charge in [0.25, 0.3) is 0 Å². The molecule has 0 saturated carbocycles. The number of nitrogens with zero attached hydrogens (tertiary/aromatic N) is 3. The van der Waals surface area contributed by atoms with E-state index in [1.54, 1.807) is 0 Å². The molecule has 1 N–H and O–H groups in total. The summed E-state index contributed by atoms with van der Waals surface area (Å²) in [5, 5.41) is 12.4. The number of rotatable bonds is 4. The Bertz CT molecular complexity index is 246. The van der Waals surface area contributed by atoms with Gasteiger partial charge in [0.1, 0.15) is 6.04 Å². The fourth-order valence-electron chi connectivity index (χ4n) is 2.08. The van der Waals surface area contributed by atoms with Crippen molar-refractivity contribution in [3.8, 4) is 6.07 Å². The average Bonchev–Trinajstić information content (AvgIpc) is 2.22. The number of nitrogens with one attached hydrogen (secondary N) is 1. The minimum Gasteiger partial charge on any atom is -0.301 e. The molecular formula is C12H24N4. The van der Waals surface area contributed by atoms with E-state index in [1.165, 1.54) is 0 Å². The molecule has 1 heterocycles. The average molecular weight is 224 g/mol. The summed E-state index contributed by atoms with van der Waals surface area (Å²) >= 11 is 0. The molecule has 92 valence electrons. The van der Waals surface area contributed by atoms with E-state index in [2.05, 4.69) is 49.0 Å². The van der Waals surface area contributed by atoms with Crippen molar-refractivity contribution in [2.45, 2.75) is 38.9 Å². The Morgan fingerprint density at radius 1 is 1.44 bits per heavy atom. The molecule has 0 aliphatic carbocycles. The predicted molar refractivity (Wildman–Crippen MR) is 66.2 cm³/mol. The molecule has 4 nitrogen and oxygen atoms in total. The lowest BCUT2D eigenvalue weighted by molar-refractivity contribution is 0.101. The summed E-state index contributed by atoms with van der Waals surface area (Å²) in [7, 11) is 2.16. The van der Waals surface area contributed by atoms with Crippen molar-refractivity contribution in [3.05, 3.63) is 0 Å². The molecule has 0 radical (unpaired) electrons. The van der Waals surface area contributed by atoms with Gasteiger partial charge in [-0.1, -0.05) is 0 Å². The Morgan fingerprint density at radius 3 is 2.62 bits per heavy atom. The van der Waals surface area contributed by atoms with Crippen molar-refractivity contribution in [2.75, 3.05) is 33.2 Å². The van der Waals surface area contributed by atoms with Crippen molar-refractivity contribution in [1.82, 2.24) is 15.1 Å². The van der Waals surface area contributed by atoms with E-state index in [-0.39, 0.29) is 6.04 Å². The Hall–Kier alpha value is -0.630. The molecule has 2 atom stereocenters.